The number of ether oxygens (including phenoxy) is 1. The van der Waals surface area contributed by atoms with Crippen molar-refractivity contribution in [3.63, 3.8) is 0 Å². The standard InChI is InChI=1S/C15H18N2O2/c1-5-19-15(18)14-13(11(3)17(4)16-14)12-9-7-6-8-10(12)2/h6-9H,5H2,1-4H3. The smallest absolute Gasteiger partial charge is 0.359 e. The highest BCUT2D eigenvalue weighted by atomic mass is 16.5. The molecular weight excluding hydrogens is 240 g/mol. The Morgan fingerprint density at radius 2 is 2.00 bits per heavy atom. The lowest BCUT2D eigenvalue weighted by atomic mass is 9.99. The lowest BCUT2D eigenvalue weighted by Gasteiger charge is -2.07. The fourth-order valence-corrected chi connectivity index (χ4v) is 2.13. The fourth-order valence-electron chi connectivity index (χ4n) is 2.13. The molecule has 0 saturated heterocycles. The van der Waals surface area contributed by atoms with Crippen LogP contribution in [0.5, 0.6) is 0 Å². The Morgan fingerprint density at radius 1 is 1.32 bits per heavy atom. The molecule has 0 saturated carbocycles. The summed E-state index contributed by atoms with van der Waals surface area (Å²) in [7, 11) is 1.83. The van der Waals surface area contributed by atoms with E-state index in [1.165, 1.54) is 0 Å². The Labute approximate surface area is 113 Å². The van der Waals surface area contributed by atoms with Crippen LogP contribution in [-0.4, -0.2) is 22.4 Å². The topological polar surface area (TPSA) is 44.1 Å². The quantitative estimate of drug-likeness (QED) is 0.795. The monoisotopic (exact) mass is 258 g/mol. The first-order chi connectivity index (χ1) is 9.06. The lowest BCUT2D eigenvalue weighted by molar-refractivity contribution is 0.0519. The van der Waals surface area contributed by atoms with Crippen LogP contribution in [0.1, 0.15) is 28.7 Å². The molecule has 0 bridgehead atoms. The van der Waals surface area contributed by atoms with Crippen molar-refractivity contribution < 1.29 is 9.53 Å². The Kier molecular flexibility index (Phi) is 3.69. The van der Waals surface area contributed by atoms with Crippen LogP contribution in [-0.2, 0) is 11.8 Å². The predicted octanol–water partition coefficient (Wildman–Crippen LogP) is 2.88. The highest BCUT2D eigenvalue weighted by Crippen LogP contribution is 2.29. The Balaban J connectivity index is 2.62. The number of esters is 1. The molecule has 0 unspecified atom stereocenters. The number of hydrogen-bond acceptors (Lipinski definition) is 3. The van der Waals surface area contributed by atoms with E-state index in [1.54, 1.807) is 11.6 Å². The molecule has 0 atom stereocenters. The summed E-state index contributed by atoms with van der Waals surface area (Å²) >= 11 is 0. The number of aryl methyl sites for hydroxylation is 2. The Hall–Kier alpha value is -2.10. The number of carbonyl (C=O) groups is 1. The van der Waals surface area contributed by atoms with E-state index in [0.29, 0.717) is 12.3 Å². The van der Waals surface area contributed by atoms with E-state index in [9.17, 15) is 4.79 Å². The van der Waals surface area contributed by atoms with Crippen LogP contribution in [0.2, 0.25) is 0 Å². The van der Waals surface area contributed by atoms with Gasteiger partial charge >= 0.3 is 5.97 Å². The molecule has 4 nitrogen and oxygen atoms in total. The van der Waals surface area contributed by atoms with Crippen molar-refractivity contribution in [1.82, 2.24) is 9.78 Å². The summed E-state index contributed by atoms with van der Waals surface area (Å²) in [5.74, 6) is -0.371. The molecule has 1 aromatic carbocycles. The molecule has 0 amide bonds. The summed E-state index contributed by atoms with van der Waals surface area (Å²) in [4.78, 5) is 12.0. The normalized spacial score (nSPS) is 10.5. The lowest BCUT2D eigenvalue weighted by Crippen LogP contribution is -2.07. The van der Waals surface area contributed by atoms with E-state index in [0.717, 1.165) is 22.4 Å². The molecule has 0 aliphatic rings. The second-order valence-electron chi connectivity index (χ2n) is 4.47. The van der Waals surface area contributed by atoms with Crippen LogP contribution in [0.15, 0.2) is 24.3 Å². The van der Waals surface area contributed by atoms with E-state index in [1.807, 2.05) is 45.2 Å². The second kappa shape index (κ2) is 5.26. The van der Waals surface area contributed by atoms with Gasteiger partial charge < -0.3 is 4.74 Å². The van der Waals surface area contributed by atoms with Gasteiger partial charge in [-0.1, -0.05) is 24.3 Å². The van der Waals surface area contributed by atoms with Crippen LogP contribution >= 0.6 is 0 Å². The number of benzene rings is 1. The maximum Gasteiger partial charge on any atom is 0.359 e. The largest absolute Gasteiger partial charge is 0.461 e. The van der Waals surface area contributed by atoms with Crippen molar-refractivity contribution in [2.75, 3.05) is 6.61 Å². The minimum atomic E-state index is -0.371. The third-order valence-electron chi connectivity index (χ3n) is 3.22. The summed E-state index contributed by atoms with van der Waals surface area (Å²) in [6.45, 7) is 6.12. The summed E-state index contributed by atoms with van der Waals surface area (Å²) < 4.78 is 6.80. The first-order valence-electron chi connectivity index (χ1n) is 6.33. The number of aromatic nitrogens is 2. The molecule has 0 fully saturated rings. The molecule has 0 N–H and O–H groups in total. The van der Waals surface area contributed by atoms with Gasteiger partial charge in [0, 0.05) is 18.3 Å². The zero-order chi connectivity index (χ0) is 14.0. The zero-order valence-electron chi connectivity index (χ0n) is 11.7. The summed E-state index contributed by atoms with van der Waals surface area (Å²) in [5.41, 5.74) is 4.34. The van der Waals surface area contributed by atoms with Crippen molar-refractivity contribution in [2.45, 2.75) is 20.8 Å². The maximum atomic E-state index is 12.0. The summed E-state index contributed by atoms with van der Waals surface area (Å²) in [6.07, 6.45) is 0. The van der Waals surface area contributed by atoms with E-state index in [2.05, 4.69) is 5.10 Å². The van der Waals surface area contributed by atoms with Crippen molar-refractivity contribution in [3.8, 4) is 11.1 Å². The minimum absolute atomic E-state index is 0.349. The van der Waals surface area contributed by atoms with Gasteiger partial charge in [0.15, 0.2) is 5.69 Å². The molecule has 100 valence electrons. The molecule has 0 aliphatic heterocycles. The average Bonchev–Trinajstić information content (AvgIpc) is 2.67. The summed E-state index contributed by atoms with van der Waals surface area (Å²) in [6, 6.07) is 7.97. The van der Waals surface area contributed by atoms with Crippen LogP contribution in [0.4, 0.5) is 0 Å². The average molecular weight is 258 g/mol. The van der Waals surface area contributed by atoms with Gasteiger partial charge in [-0.05, 0) is 31.9 Å². The SMILES string of the molecule is CCOC(=O)c1nn(C)c(C)c1-c1ccccc1C. The minimum Gasteiger partial charge on any atom is -0.461 e. The van der Waals surface area contributed by atoms with Crippen molar-refractivity contribution >= 4 is 5.97 Å². The Morgan fingerprint density at radius 3 is 2.63 bits per heavy atom. The predicted molar refractivity (Wildman–Crippen MR) is 74.1 cm³/mol. The van der Waals surface area contributed by atoms with Gasteiger partial charge in [0.1, 0.15) is 0 Å². The molecule has 1 aromatic heterocycles. The van der Waals surface area contributed by atoms with Gasteiger partial charge in [0.2, 0.25) is 0 Å². The van der Waals surface area contributed by atoms with E-state index >= 15 is 0 Å². The zero-order valence-corrected chi connectivity index (χ0v) is 11.7. The van der Waals surface area contributed by atoms with Gasteiger partial charge in [0.25, 0.3) is 0 Å². The third-order valence-corrected chi connectivity index (χ3v) is 3.22. The van der Waals surface area contributed by atoms with Crippen LogP contribution < -0.4 is 0 Å². The molecule has 4 heteroatoms. The molecule has 0 radical (unpaired) electrons. The van der Waals surface area contributed by atoms with Crippen LogP contribution in [0.25, 0.3) is 11.1 Å². The van der Waals surface area contributed by atoms with Crippen molar-refractivity contribution in [1.29, 1.82) is 0 Å². The van der Waals surface area contributed by atoms with E-state index in [4.69, 9.17) is 4.74 Å². The van der Waals surface area contributed by atoms with Crippen molar-refractivity contribution in [2.24, 2.45) is 7.05 Å². The number of carbonyl (C=O) groups excluding carboxylic acids is 1. The number of hydrogen-bond donors (Lipinski definition) is 0. The van der Waals surface area contributed by atoms with Gasteiger partial charge in [-0.2, -0.15) is 5.10 Å². The van der Waals surface area contributed by atoms with Gasteiger partial charge in [0.05, 0.1) is 6.61 Å². The van der Waals surface area contributed by atoms with Gasteiger partial charge in [-0.3, -0.25) is 4.68 Å². The van der Waals surface area contributed by atoms with Crippen LogP contribution in [0, 0.1) is 13.8 Å². The second-order valence-corrected chi connectivity index (χ2v) is 4.47. The third kappa shape index (κ3) is 2.38. The Bertz CT molecular complexity index is 615. The number of nitrogens with zero attached hydrogens (tertiary/aromatic N) is 2. The summed E-state index contributed by atoms with van der Waals surface area (Å²) in [5, 5.41) is 4.29. The highest BCUT2D eigenvalue weighted by Gasteiger charge is 2.22. The van der Waals surface area contributed by atoms with E-state index < -0.39 is 0 Å². The van der Waals surface area contributed by atoms with Crippen LogP contribution in [0.3, 0.4) is 0 Å². The molecule has 0 spiro atoms. The molecule has 19 heavy (non-hydrogen) atoms. The molecule has 2 rings (SSSR count). The van der Waals surface area contributed by atoms with Gasteiger partial charge in [-0.25, -0.2) is 4.79 Å². The first kappa shape index (κ1) is 13.3. The van der Waals surface area contributed by atoms with Gasteiger partial charge in [-0.15, -0.1) is 0 Å². The molecule has 2 aromatic rings. The maximum absolute atomic E-state index is 12.0. The van der Waals surface area contributed by atoms with Crippen molar-refractivity contribution in [3.05, 3.63) is 41.2 Å². The molecular formula is C15H18N2O2. The molecule has 0 aliphatic carbocycles. The number of rotatable bonds is 3. The highest BCUT2D eigenvalue weighted by molar-refractivity contribution is 5.96. The molecule has 1 heterocycles. The van der Waals surface area contributed by atoms with E-state index in [-0.39, 0.29) is 5.97 Å². The first-order valence-corrected chi connectivity index (χ1v) is 6.33. The fraction of sp³-hybridized carbons (Fsp3) is 0.333.